The Hall–Kier alpha value is -1.53. The smallest absolute Gasteiger partial charge is 0.274 e. The zero-order valence-corrected chi connectivity index (χ0v) is 11.6. The van der Waals surface area contributed by atoms with Crippen LogP contribution in [0.2, 0.25) is 0 Å². The number of aryl methyl sites for hydroxylation is 1. The highest BCUT2D eigenvalue weighted by Crippen LogP contribution is 2.25. The molecule has 6 nitrogen and oxygen atoms in total. The number of hydrogen-bond donors (Lipinski definition) is 0. The molecule has 2 aliphatic rings. The molecular formula is C14H19N3O3. The first-order valence-corrected chi connectivity index (χ1v) is 7.08. The lowest BCUT2D eigenvalue weighted by molar-refractivity contribution is -0.100. The molecule has 20 heavy (non-hydrogen) atoms. The molecule has 1 unspecified atom stereocenters. The molecule has 108 valence electrons. The lowest BCUT2D eigenvalue weighted by Gasteiger charge is -2.37. The maximum absolute atomic E-state index is 12.6. The van der Waals surface area contributed by atoms with Gasteiger partial charge in [0.15, 0.2) is 6.29 Å². The Morgan fingerprint density at radius 3 is 2.75 bits per heavy atom. The molecule has 3 heterocycles. The number of nitrogens with zero attached hydrogens (tertiary/aromatic N) is 3. The largest absolute Gasteiger partial charge is 0.348 e. The van der Waals surface area contributed by atoms with E-state index in [1.54, 1.807) is 12.4 Å². The molecule has 1 atom stereocenters. The van der Waals surface area contributed by atoms with Gasteiger partial charge in [-0.05, 0) is 26.2 Å². The van der Waals surface area contributed by atoms with Crippen LogP contribution in [0.15, 0.2) is 12.4 Å². The number of likely N-dealkylation sites (tertiary alicyclic amines) is 1. The predicted octanol–water partition coefficient (Wildman–Crippen LogP) is 1.15. The van der Waals surface area contributed by atoms with Crippen molar-refractivity contribution in [3.8, 4) is 0 Å². The van der Waals surface area contributed by atoms with Crippen molar-refractivity contribution in [3.63, 3.8) is 0 Å². The highest BCUT2D eigenvalue weighted by Gasteiger charge is 2.36. The zero-order chi connectivity index (χ0) is 13.9. The van der Waals surface area contributed by atoms with E-state index in [-0.39, 0.29) is 18.2 Å². The van der Waals surface area contributed by atoms with Crippen molar-refractivity contribution in [2.75, 3.05) is 19.8 Å². The van der Waals surface area contributed by atoms with E-state index in [0.29, 0.717) is 18.9 Å². The number of ether oxygens (including phenoxy) is 2. The third kappa shape index (κ3) is 2.66. The molecule has 0 aromatic carbocycles. The molecule has 0 spiro atoms. The van der Waals surface area contributed by atoms with Crippen LogP contribution < -0.4 is 0 Å². The minimum absolute atomic E-state index is 0.0122. The first-order chi connectivity index (χ1) is 9.75. The Morgan fingerprint density at radius 2 is 2.05 bits per heavy atom. The molecule has 2 aliphatic heterocycles. The summed E-state index contributed by atoms with van der Waals surface area (Å²) in [6, 6.07) is -0.0122. The molecule has 0 saturated carbocycles. The van der Waals surface area contributed by atoms with Crippen LogP contribution in [0.25, 0.3) is 0 Å². The van der Waals surface area contributed by atoms with Crippen LogP contribution in [-0.4, -0.2) is 52.9 Å². The van der Waals surface area contributed by atoms with Crippen LogP contribution in [0.3, 0.4) is 0 Å². The average Bonchev–Trinajstić information content (AvgIpc) is 3.01. The van der Waals surface area contributed by atoms with E-state index in [1.807, 2.05) is 11.8 Å². The van der Waals surface area contributed by atoms with Crippen molar-refractivity contribution in [2.24, 2.45) is 0 Å². The molecule has 1 aromatic rings. The molecule has 1 amide bonds. The van der Waals surface area contributed by atoms with Gasteiger partial charge in [0.2, 0.25) is 0 Å². The summed E-state index contributed by atoms with van der Waals surface area (Å²) in [7, 11) is 0. The van der Waals surface area contributed by atoms with E-state index < -0.39 is 0 Å². The number of piperidine rings is 1. The normalized spacial score (nSPS) is 24.1. The third-order valence-electron chi connectivity index (χ3n) is 3.77. The van der Waals surface area contributed by atoms with E-state index in [2.05, 4.69) is 9.97 Å². The topological polar surface area (TPSA) is 64.6 Å². The summed E-state index contributed by atoms with van der Waals surface area (Å²) < 4.78 is 11.2. The standard InChI is InChI=1S/C14H19N3O3/c1-10-8-16-11(9-15-10)13(18)17-5-3-2-4-12(17)14-19-6-7-20-14/h8-9,12,14H,2-7H2,1H3. The molecule has 0 aliphatic carbocycles. The Bertz CT molecular complexity index is 471. The van der Waals surface area contributed by atoms with Crippen LogP contribution >= 0.6 is 0 Å². The number of amides is 1. The summed E-state index contributed by atoms with van der Waals surface area (Å²) in [6.07, 6.45) is 5.88. The molecule has 6 heteroatoms. The van der Waals surface area contributed by atoms with Crippen molar-refractivity contribution < 1.29 is 14.3 Å². The van der Waals surface area contributed by atoms with Gasteiger partial charge in [-0.15, -0.1) is 0 Å². The van der Waals surface area contributed by atoms with Gasteiger partial charge in [-0.25, -0.2) is 4.98 Å². The Kier molecular flexibility index (Phi) is 3.93. The lowest BCUT2D eigenvalue weighted by atomic mass is 10.0. The average molecular weight is 277 g/mol. The number of carbonyl (C=O) groups is 1. The fourth-order valence-electron chi connectivity index (χ4n) is 2.74. The van der Waals surface area contributed by atoms with Crippen LogP contribution in [0.5, 0.6) is 0 Å². The summed E-state index contributed by atoms with van der Waals surface area (Å²) in [4.78, 5) is 22.7. The summed E-state index contributed by atoms with van der Waals surface area (Å²) in [5.41, 5.74) is 1.19. The minimum Gasteiger partial charge on any atom is -0.348 e. The molecule has 0 bridgehead atoms. The third-order valence-corrected chi connectivity index (χ3v) is 3.77. The van der Waals surface area contributed by atoms with E-state index in [1.165, 1.54) is 0 Å². The molecule has 3 rings (SSSR count). The van der Waals surface area contributed by atoms with Gasteiger partial charge < -0.3 is 14.4 Å². The first-order valence-electron chi connectivity index (χ1n) is 7.08. The molecule has 2 fully saturated rings. The van der Waals surface area contributed by atoms with Crippen LogP contribution in [0, 0.1) is 6.92 Å². The van der Waals surface area contributed by atoms with Gasteiger partial charge in [0.25, 0.3) is 5.91 Å². The minimum atomic E-state index is -0.294. The Balaban J connectivity index is 1.78. The van der Waals surface area contributed by atoms with Crippen LogP contribution in [0.1, 0.15) is 35.4 Å². The highest BCUT2D eigenvalue weighted by molar-refractivity contribution is 5.92. The highest BCUT2D eigenvalue weighted by atomic mass is 16.7. The first kappa shape index (κ1) is 13.5. The second-order valence-corrected chi connectivity index (χ2v) is 5.21. The van der Waals surface area contributed by atoms with E-state index in [0.717, 1.165) is 31.5 Å². The fourth-order valence-corrected chi connectivity index (χ4v) is 2.74. The van der Waals surface area contributed by atoms with Crippen molar-refractivity contribution >= 4 is 5.91 Å². The SMILES string of the molecule is Cc1cnc(C(=O)N2CCCCC2C2OCCO2)cn1. The van der Waals surface area contributed by atoms with E-state index in [9.17, 15) is 4.79 Å². The monoisotopic (exact) mass is 277 g/mol. The maximum Gasteiger partial charge on any atom is 0.274 e. The number of aromatic nitrogens is 2. The van der Waals surface area contributed by atoms with Crippen LogP contribution in [-0.2, 0) is 9.47 Å². The Morgan fingerprint density at radius 1 is 1.25 bits per heavy atom. The second-order valence-electron chi connectivity index (χ2n) is 5.21. The van der Waals surface area contributed by atoms with Crippen molar-refractivity contribution in [1.29, 1.82) is 0 Å². The number of hydrogen-bond acceptors (Lipinski definition) is 5. The summed E-state index contributed by atoms with van der Waals surface area (Å²) in [5.74, 6) is -0.0821. The van der Waals surface area contributed by atoms with Gasteiger partial charge >= 0.3 is 0 Å². The van der Waals surface area contributed by atoms with Crippen LogP contribution in [0.4, 0.5) is 0 Å². The van der Waals surface area contributed by atoms with E-state index in [4.69, 9.17) is 9.47 Å². The summed E-state index contributed by atoms with van der Waals surface area (Å²) >= 11 is 0. The Labute approximate surface area is 118 Å². The van der Waals surface area contributed by atoms with Crippen molar-refractivity contribution in [2.45, 2.75) is 38.5 Å². The fraction of sp³-hybridized carbons (Fsp3) is 0.643. The molecule has 0 radical (unpaired) electrons. The van der Waals surface area contributed by atoms with Crippen molar-refractivity contribution in [3.05, 3.63) is 23.8 Å². The molecular weight excluding hydrogens is 258 g/mol. The van der Waals surface area contributed by atoms with Gasteiger partial charge in [0.1, 0.15) is 5.69 Å². The predicted molar refractivity (Wildman–Crippen MR) is 71.1 cm³/mol. The van der Waals surface area contributed by atoms with Gasteiger partial charge in [-0.1, -0.05) is 0 Å². The second kappa shape index (κ2) is 5.85. The number of carbonyl (C=O) groups excluding carboxylic acids is 1. The van der Waals surface area contributed by atoms with Gasteiger partial charge in [0, 0.05) is 12.7 Å². The molecule has 2 saturated heterocycles. The van der Waals surface area contributed by atoms with Gasteiger partial charge in [-0.2, -0.15) is 0 Å². The van der Waals surface area contributed by atoms with Crippen molar-refractivity contribution in [1.82, 2.24) is 14.9 Å². The summed E-state index contributed by atoms with van der Waals surface area (Å²) in [6.45, 7) is 3.79. The quantitative estimate of drug-likeness (QED) is 0.811. The molecule has 0 N–H and O–H groups in total. The lowest BCUT2D eigenvalue weighted by Crippen LogP contribution is -2.50. The maximum atomic E-state index is 12.6. The number of rotatable bonds is 2. The zero-order valence-electron chi connectivity index (χ0n) is 11.6. The van der Waals surface area contributed by atoms with Gasteiger partial charge in [0.05, 0.1) is 31.1 Å². The summed E-state index contributed by atoms with van der Waals surface area (Å²) in [5, 5.41) is 0. The van der Waals surface area contributed by atoms with E-state index >= 15 is 0 Å². The van der Waals surface area contributed by atoms with Gasteiger partial charge in [-0.3, -0.25) is 9.78 Å². The molecule has 1 aromatic heterocycles.